The second-order valence-corrected chi connectivity index (χ2v) is 13.3. The highest BCUT2D eigenvalue weighted by Gasteiger charge is 2.30. The van der Waals surface area contributed by atoms with E-state index in [0.29, 0.717) is 27.2 Å². The zero-order valence-corrected chi connectivity index (χ0v) is 24.9. The van der Waals surface area contributed by atoms with Crippen molar-refractivity contribution in [3.05, 3.63) is 82.3 Å². The summed E-state index contributed by atoms with van der Waals surface area (Å²) in [6.07, 6.45) is 2.29. The van der Waals surface area contributed by atoms with Crippen LogP contribution in [0.5, 0.6) is 0 Å². The lowest BCUT2D eigenvalue weighted by atomic mass is 9.98. The molecule has 0 aliphatic carbocycles. The van der Waals surface area contributed by atoms with Gasteiger partial charge in [-0.15, -0.1) is 0 Å². The fourth-order valence-corrected chi connectivity index (χ4v) is 6.12. The summed E-state index contributed by atoms with van der Waals surface area (Å²) in [5.41, 5.74) is 3.61. The summed E-state index contributed by atoms with van der Waals surface area (Å²) in [7, 11) is 0.514. The van der Waals surface area contributed by atoms with E-state index < -0.39 is 9.84 Å². The SMILES string of the molecule is CCS(=O)(=O)c1ccc(-c2ccc(C(CN3CCCC3)N(C(=O)CN(C)C)c3ccc(Cl)c(Cl)c3)cc2)cc1. The van der Waals surface area contributed by atoms with Crippen molar-refractivity contribution in [2.45, 2.75) is 30.7 Å². The van der Waals surface area contributed by atoms with E-state index in [1.54, 1.807) is 31.2 Å². The third-order valence-corrected chi connectivity index (χ3v) is 9.55. The molecule has 208 valence electrons. The molecule has 1 aliphatic rings. The average Bonchev–Trinajstić information content (AvgIpc) is 3.43. The number of amides is 1. The van der Waals surface area contributed by atoms with E-state index in [1.807, 2.05) is 54.2 Å². The first kappa shape index (κ1) is 29.6. The highest BCUT2D eigenvalue weighted by molar-refractivity contribution is 7.91. The Balaban J connectivity index is 1.72. The van der Waals surface area contributed by atoms with Crippen LogP contribution in [0.15, 0.2) is 71.6 Å². The molecule has 1 unspecified atom stereocenters. The van der Waals surface area contributed by atoms with Crippen molar-refractivity contribution in [1.29, 1.82) is 0 Å². The van der Waals surface area contributed by atoms with Gasteiger partial charge in [-0.2, -0.15) is 0 Å². The second kappa shape index (κ2) is 12.8. The van der Waals surface area contributed by atoms with Crippen molar-refractivity contribution in [3.63, 3.8) is 0 Å². The molecule has 6 nitrogen and oxygen atoms in total. The maximum Gasteiger partial charge on any atom is 0.241 e. The summed E-state index contributed by atoms with van der Waals surface area (Å²) in [4.78, 5) is 20.1. The Bertz CT molecular complexity index is 1390. The van der Waals surface area contributed by atoms with Gasteiger partial charge in [0.25, 0.3) is 0 Å². The maximum absolute atomic E-state index is 13.7. The van der Waals surface area contributed by atoms with Crippen molar-refractivity contribution in [3.8, 4) is 11.1 Å². The lowest BCUT2D eigenvalue weighted by Gasteiger charge is -2.36. The number of hydrogen-bond donors (Lipinski definition) is 0. The second-order valence-electron chi connectivity index (χ2n) is 10.2. The van der Waals surface area contributed by atoms with Crippen LogP contribution >= 0.6 is 23.2 Å². The van der Waals surface area contributed by atoms with E-state index in [4.69, 9.17) is 23.2 Å². The van der Waals surface area contributed by atoms with Crippen LogP contribution in [0.2, 0.25) is 10.0 Å². The number of likely N-dealkylation sites (tertiary alicyclic amines) is 1. The van der Waals surface area contributed by atoms with Gasteiger partial charge in [-0.05, 0) is 87.0 Å². The van der Waals surface area contributed by atoms with Crippen LogP contribution < -0.4 is 4.90 Å². The number of likely N-dealkylation sites (N-methyl/N-ethyl adjacent to an activating group) is 1. The first-order valence-corrected chi connectivity index (χ1v) is 15.6. The number of carbonyl (C=O) groups is 1. The zero-order chi connectivity index (χ0) is 28.2. The lowest BCUT2D eigenvalue weighted by molar-refractivity contribution is -0.119. The average molecular weight is 589 g/mol. The van der Waals surface area contributed by atoms with E-state index in [0.717, 1.165) is 42.6 Å². The molecule has 1 heterocycles. The Morgan fingerprint density at radius 2 is 1.49 bits per heavy atom. The van der Waals surface area contributed by atoms with Crippen LogP contribution in [0.4, 0.5) is 5.69 Å². The van der Waals surface area contributed by atoms with E-state index in [-0.39, 0.29) is 24.2 Å². The first-order chi connectivity index (χ1) is 18.6. The molecule has 0 spiro atoms. The molecule has 0 saturated carbocycles. The largest absolute Gasteiger partial charge is 0.302 e. The molecule has 3 aromatic rings. The van der Waals surface area contributed by atoms with Gasteiger partial charge < -0.3 is 14.7 Å². The lowest BCUT2D eigenvalue weighted by Crippen LogP contribution is -2.44. The van der Waals surface area contributed by atoms with Crippen LogP contribution in [0, 0.1) is 0 Å². The van der Waals surface area contributed by atoms with Crippen molar-refractivity contribution in [2.75, 3.05) is 50.9 Å². The van der Waals surface area contributed by atoms with Gasteiger partial charge in [-0.25, -0.2) is 8.42 Å². The minimum absolute atomic E-state index is 0.0283. The third kappa shape index (κ3) is 7.21. The van der Waals surface area contributed by atoms with E-state index in [2.05, 4.69) is 17.0 Å². The molecule has 4 rings (SSSR count). The summed E-state index contributed by atoms with van der Waals surface area (Å²) in [5.74, 6) is 0.0424. The molecular weight excluding hydrogens is 553 g/mol. The summed E-state index contributed by atoms with van der Waals surface area (Å²) < 4.78 is 24.4. The first-order valence-electron chi connectivity index (χ1n) is 13.2. The topological polar surface area (TPSA) is 60.9 Å². The van der Waals surface area contributed by atoms with Gasteiger partial charge >= 0.3 is 0 Å². The molecule has 0 N–H and O–H groups in total. The summed E-state index contributed by atoms with van der Waals surface area (Å²) in [5, 5.41) is 0.847. The molecule has 1 fully saturated rings. The van der Waals surface area contributed by atoms with Crippen molar-refractivity contribution >= 4 is 44.6 Å². The van der Waals surface area contributed by atoms with Gasteiger partial charge in [0, 0.05) is 12.2 Å². The molecule has 39 heavy (non-hydrogen) atoms. The van der Waals surface area contributed by atoms with Gasteiger partial charge in [0.15, 0.2) is 9.84 Å². The Morgan fingerprint density at radius 1 is 0.897 bits per heavy atom. The molecule has 3 aromatic carbocycles. The standard InChI is InChI=1S/C30H35Cl2N3O3S/c1-4-39(37,38)26-14-11-23(12-15-26)22-7-9-24(10-8-22)29(20-34-17-5-6-18-34)35(30(36)21-33(2)3)25-13-16-27(31)28(32)19-25/h7-16,19,29H,4-6,17-18,20-21H2,1-3H3. The van der Waals surface area contributed by atoms with Gasteiger partial charge in [-0.1, -0.05) is 66.5 Å². The molecule has 0 aromatic heterocycles. The van der Waals surface area contributed by atoms with Crippen LogP contribution in [-0.2, 0) is 14.6 Å². The molecule has 9 heteroatoms. The number of anilines is 1. The quantitative estimate of drug-likeness (QED) is 0.283. The van der Waals surface area contributed by atoms with Crippen LogP contribution in [0.25, 0.3) is 11.1 Å². The minimum Gasteiger partial charge on any atom is -0.302 e. The monoisotopic (exact) mass is 587 g/mol. The van der Waals surface area contributed by atoms with Gasteiger partial charge in [0.1, 0.15) is 0 Å². The Kier molecular flexibility index (Phi) is 9.73. The van der Waals surface area contributed by atoms with E-state index in [9.17, 15) is 13.2 Å². The van der Waals surface area contributed by atoms with Crippen molar-refractivity contribution in [1.82, 2.24) is 9.80 Å². The summed E-state index contributed by atoms with van der Waals surface area (Å²) in [6, 6.07) is 20.2. The third-order valence-electron chi connectivity index (χ3n) is 7.07. The molecular formula is C30H35Cl2N3O3S. The highest BCUT2D eigenvalue weighted by atomic mass is 35.5. The number of sulfone groups is 1. The molecule has 1 aliphatic heterocycles. The smallest absolute Gasteiger partial charge is 0.241 e. The fourth-order valence-electron chi connectivity index (χ4n) is 4.94. The zero-order valence-electron chi connectivity index (χ0n) is 22.6. The van der Waals surface area contributed by atoms with Crippen LogP contribution in [-0.4, -0.2) is 70.2 Å². The predicted octanol–water partition coefficient (Wildman–Crippen LogP) is 6.19. The maximum atomic E-state index is 13.7. The Labute approximate surface area is 242 Å². The van der Waals surface area contributed by atoms with Crippen molar-refractivity contribution in [2.24, 2.45) is 0 Å². The molecule has 0 radical (unpaired) electrons. The molecule has 1 saturated heterocycles. The van der Waals surface area contributed by atoms with E-state index >= 15 is 0 Å². The van der Waals surface area contributed by atoms with Gasteiger partial charge in [0.2, 0.25) is 5.91 Å². The fraction of sp³-hybridized carbons (Fsp3) is 0.367. The summed E-state index contributed by atoms with van der Waals surface area (Å²) in [6.45, 7) is 4.59. The van der Waals surface area contributed by atoms with Crippen LogP contribution in [0.1, 0.15) is 31.4 Å². The number of hydrogen-bond acceptors (Lipinski definition) is 5. The molecule has 0 bridgehead atoms. The highest BCUT2D eigenvalue weighted by Crippen LogP contribution is 2.34. The van der Waals surface area contributed by atoms with Crippen molar-refractivity contribution < 1.29 is 13.2 Å². The number of nitrogens with zero attached hydrogens (tertiary/aromatic N) is 3. The minimum atomic E-state index is -3.25. The predicted molar refractivity (Wildman–Crippen MR) is 161 cm³/mol. The molecule has 1 atom stereocenters. The van der Waals surface area contributed by atoms with Crippen LogP contribution in [0.3, 0.4) is 0 Å². The molecule has 1 amide bonds. The number of carbonyl (C=O) groups excluding carboxylic acids is 1. The van der Waals surface area contributed by atoms with Gasteiger partial charge in [0.05, 0.1) is 33.3 Å². The summed E-state index contributed by atoms with van der Waals surface area (Å²) >= 11 is 12.6. The number of halogens is 2. The Hall–Kier alpha value is -2.42. The van der Waals surface area contributed by atoms with E-state index in [1.165, 1.54) is 0 Å². The van der Waals surface area contributed by atoms with Gasteiger partial charge in [-0.3, -0.25) is 4.79 Å². The number of rotatable bonds is 10. The number of benzene rings is 3. The Morgan fingerprint density at radius 3 is 2.03 bits per heavy atom. The normalized spacial score (nSPS) is 15.0.